The Balaban J connectivity index is 1.84. The number of ether oxygens (including phenoxy) is 1. The summed E-state index contributed by atoms with van der Waals surface area (Å²) in [4.78, 5) is 13.8. The topological polar surface area (TPSA) is 53.3 Å². The number of carbonyl (C=O) groups excluding carboxylic acids is 1. The van der Waals surface area contributed by atoms with Crippen LogP contribution in [0.4, 0.5) is 4.79 Å². The second kappa shape index (κ2) is 6.83. The van der Waals surface area contributed by atoms with Crippen LogP contribution < -0.4 is 0 Å². The van der Waals surface area contributed by atoms with Gasteiger partial charge >= 0.3 is 6.09 Å². The number of piperidine rings is 1. The zero-order valence-corrected chi connectivity index (χ0v) is 13.6. The average Bonchev–Trinajstić information content (AvgIpc) is 2.46. The molecule has 1 amide bonds. The molecule has 118 valence electrons. The van der Waals surface area contributed by atoms with Crippen molar-refractivity contribution in [2.75, 3.05) is 13.1 Å². The van der Waals surface area contributed by atoms with Crippen LogP contribution in [0, 0.1) is 17.2 Å². The first kappa shape index (κ1) is 16.4. The smallest absolute Gasteiger partial charge is 0.410 e. The van der Waals surface area contributed by atoms with Crippen molar-refractivity contribution < 1.29 is 9.53 Å². The predicted molar refractivity (Wildman–Crippen MR) is 85.4 cm³/mol. The number of amides is 1. The molecule has 0 atom stereocenters. The van der Waals surface area contributed by atoms with Crippen LogP contribution in [0.15, 0.2) is 24.3 Å². The van der Waals surface area contributed by atoms with Gasteiger partial charge in [-0.2, -0.15) is 5.26 Å². The minimum atomic E-state index is -0.439. The molecule has 0 saturated carbocycles. The molecule has 4 nitrogen and oxygen atoms in total. The third-order valence-corrected chi connectivity index (χ3v) is 3.85. The molecule has 1 aliphatic heterocycles. The van der Waals surface area contributed by atoms with E-state index < -0.39 is 5.60 Å². The normalized spacial score (nSPS) is 16.2. The third-order valence-electron chi connectivity index (χ3n) is 3.85. The highest BCUT2D eigenvalue weighted by Crippen LogP contribution is 2.23. The van der Waals surface area contributed by atoms with Gasteiger partial charge < -0.3 is 9.64 Å². The standard InChI is InChI=1S/C18H24N2O2/c1-18(2,3)22-17(21)20-9-7-14(8-10-20)11-15-5-4-6-16(12-15)13-19/h4-6,12,14H,7-11H2,1-3H3. The molecule has 1 fully saturated rings. The molecular weight excluding hydrogens is 276 g/mol. The summed E-state index contributed by atoms with van der Waals surface area (Å²) in [5.74, 6) is 0.563. The van der Waals surface area contributed by atoms with Gasteiger partial charge in [0.25, 0.3) is 0 Å². The van der Waals surface area contributed by atoms with Crippen LogP contribution in [0.3, 0.4) is 0 Å². The molecule has 0 radical (unpaired) electrons. The minimum absolute atomic E-state index is 0.211. The monoisotopic (exact) mass is 300 g/mol. The van der Waals surface area contributed by atoms with Crippen molar-refractivity contribution in [2.24, 2.45) is 5.92 Å². The lowest BCUT2D eigenvalue weighted by Crippen LogP contribution is -2.42. The van der Waals surface area contributed by atoms with E-state index in [0.29, 0.717) is 11.5 Å². The molecule has 4 heteroatoms. The fraction of sp³-hybridized carbons (Fsp3) is 0.556. The molecular formula is C18H24N2O2. The van der Waals surface area contributed by atoms with E-state index in [9.17, 15) is 4.79 Å². The maximum atomic E-state index is 12.0. The molecule has 1 aromatic carbocycles. The Kier molecular flexibility index (Phi) is 5.07. The molecule has 22 heavy (non-hydrogen) atoms. The fourth-order valence-electron chi connectivity index (χ4n) is 2.75. The number of nitriles is 1. The first-order chi connectivity index (χ1) is 10.4. The van der Waals surface area contributed by atoms with E-state index in [4.69, 9.17) is 10.00 Å². The lowest BCUT2D eigenvalue weighted by Gasteiger charge is -2.33. The molecule has 1 saturated heterocycles. The van der Waals surface area contributed by atoms with Crippen molar-refractivity contribution in [3.8, 4) is 6.07 Å². The molecule has 1 aliphatic rings. The lowest BCUT2D eigenvalue weighted by atomic mass is 9.90. The summed E-state index contributed by atoms with van der Waals surface area (Å²) in [5, 5.41) is 8.95. The van der Waals surface area contributed by atoms with E-state index in [1.165, 1.54) is 5.56 Å². The van der Waals surface area contributed by atoms with Crippen molar-refractivity contribution in [1.82, 2.24) is 4.90 Å². The van der Waals surface area contributed by atoms with Gasteiger partial charge in [-0.25, -0.2) is 4.79 Å². The molecule has 0 unspecified atom stereocenters. The van der Waals surface area contributed by atoms with Gasteiger partial charge in [-0.3, -0.25) is 0 Å². The van der Waals surface area contributed by atoms with Crippen LogP contribution in [0.1, 0.15) is 44.7 Å². The SMILES string of the molecule is CC(C)(C)OC(=O)N1CCC(Cc2cccc(C#N)c2)CC1. The number of benzene rings is 1. The summed E-state index contributed by atoms with van der Waals surface area (Å²) in [5.41, 5.74) is 1.48. The highest BCUT2D eigenvalue weighted by Gasteiger charge is 2.26. The van der Waals surface area contributed by atoms with Gasteiger partial charge in [-0.05, 0) is 63.6 Å². The summed E-state index contributed by atoms with van der Waals surface area (Å²) in [6, 6.07) is 9.97. The van der Waals surface area contributed by atoms with Crippen LogP contribution in [0.2, 0.25) is 0 Å². The molecule has 0 aliphatic carbocycles. The molecule has 0 aromatic heterocycles. The summed E-state index contributed by atoms with van der Waals surface area (Å²) in [7, 11) is 0. The predicted octanol–water partition coefficient (Wildman–Crippen LogP) is 3.75. The van der Waals surface area contributed by atoms with Crippen molar-refractivity contribution >= 4 is 6.09 Å². The van der Waals surface area contributed by atoms with Crippen molar-refractivity contribution in [3.63, 3.8) is 0 Å². The molecule has 0 spiro atoms. The fourth-order valence-corrected chi connectivity index (χ4v) is 2.75. The molecule has 0 N–H and O–H groups in total. The number of likely N-dealkylation sites (tertiary alicyclic amines) is 1. The van der Waals surface area contributed by atoms with E-state index in [-0.39, 0.29) is 6.09 Å². The Hall–Kier alpha value is -2.02. The quantitative estimate of drug-likeness (QED) is 0.836. The maximum Gasteiger partial charge on any atom is 0.410 e. The van der Waals surface area contributed by atoms with Gasteiger partial charge in [-0.1, -0.05) is 12.1 Å². The van der Waals surface area contributed by atoms with Crippen molar-refractivity contribution in [2.45, 2.75) is 45.6 Å². The molecule has 0 bridgehead atoms. The van der Waals surface area contributed by atoms with Gasteiger partial charge in [0, 0.05) is 13.1 Å². The lowest BCUT2D eigenvalue weighted by molar-refractivity contribution is 0.0184. The van der Waals surface area contributed by atoms with Crippen LogP contribution in [0.25, 0.3) is 0 Å². The van der Waals surface area contributed by atoms with E-state index in [1.54, 1.807) is 4.90 Å². The van der Waals surface area contributed by atoms with Gasteiger partial charge in [0.1, 0.15) is 5.60 Å². The van der Waals surface area contributed by atoms with E-state index >= 15 is 0 Å². The van der Waals surface area contributed by atoms with Crippen LogP contribution in [0.5, 0.6) is 0 Å². The Morgan fingerprint density at radius 1 is 1.36 bits per heavy atom. The summed E-state index contributed by atoms with van der Waals surface area (Å²) in [6.45, 7) is 7.16. The highest BCUT2D eigenvalue weighted by atomic mass is 16.6. The molecule has 2 rings (SSSR count). The summed E-state index contributed by atoms with van der Waals surface area (Å²) in [6.07, 6.45) is 2.72. The second-order valence-electron chi connectivity index (χ2n) is 6.93. The maximum absolute atomic E-state index is 12.0. The largest absolute Gasteiger partial charge is 0.444 e. The summed E-state index contributed by atoms with van der Waals surface area (Å²) >= 11 is 0. The van der Waals surface area contributed by atoms with E-state index in [1.807, 2.05) is 39.0 Å². The number of hydrogen-bond donors (Lipinski definition) is 0. The number of hydrogen-bond acceptors (Lipinski definition) is 3. The van der Waals surface area contributed by atoms with Crippen LogP contribution in [-0.2, 0) is 11.2 Å². The second-order valence-corrected chi connectivity index (χ2v) is 6.93. The highest BCUT2D eigenvalue weighted by molar-refractivity contribution is 5.68. The Labute approximate surface area is 132 Å². The Morgan fingerprint density at radius 3 is 2.64 bits per heavy atom. The number of nitrogens with zero attached hydrogens (tertiary/aromatic N) is 2. The van der Waals surface area contributed by atoms with Gasteiger partial charge in [0.2, 0.25) is 0 Å². The van der Waals surface area contributed by atoms with Crippen LogP contribution in [-0.4, -0.2) is 29.7 Å². The zero-order valence-electron chi connectivity index (χ0n) is 13.6. The van der Waals surface area contributed by atoms with Gasteiger partial charge in [0.05, 0.1) is 11.6 Å². The number of carbonyl (C=O) groups is 1. The zero-order chi connectivity index (χ0) is 16.2. The van der Waals surface area contributed by atoms with Gasteiger partial charge in [0.15, 0.2) is 0 Å². The minimum Gasteiger partial charge on any atom is -0.444 e. The number of rotatable bonds is 2. The molecule has 1 heterocycles. The Morgan fingerprint density at radius 2 is 2.05 bits per heavy atom. The van der Waals surface area contributed by atoms with E-state index in [2.05, 4.69) is 12.1 Å². The first-order valence-electron chi connectivity index (χ1n) is 7.84. The average molecular weight is 300 g/mol. The van der Waals surface area contributed by atoms with Gasteiger partial charge in [-0.15, -0.1) is 0 Å². The summed E-state index contributed by atoms with van der Waals surface area (Å²) < 4.78 is 5.41. The Bertz CT molecular complexity index is 561. The van der Waals surface area contributed by atoms with E-state index in [0.717, 1.165) is 32.4 Å². The first-order valence-corrected chi connectivity index (χ1v) is 7.84. The van der Waals surface area contributed by atoms with Crippen LogP contribution >= 0.6 is 0 Å². The third kappa shape index (κ3) is 4.77. The van der Waals surface area contributed by atoms with Crippen molar-refractivity contribution in [3.05, 3.63) is 35.4 Å². The van der Waals surface area contributed by atoms with Crippen molar-refractivity contribution in [1.29, 1.82) is 5.26 Å². The molecule has 1 aromatic rings.